The van der Waals surface area contributed by atoms with Gasteiger partial charge in [-0.15, -0.1) is 0 Å². The Labute approximate surface area is 178 Å². The lowest BCUT2D eigenvalue weighted by Crippen LogP contribution is -2.56. The lowest BCUT2D eigenvalue weighted by atomic mass is 9.93. The number of nitrogens with zero attached hydrogens (tertiary/aromatic N) is 5. The average Bonchev–Trinajstić information content (AvgIpc) is 2.75. The van der Waals surface area contributed by atoms with Gasteiger partial charge in [0.15, 0.2) is 5.66 Å². The van der Waals surface area contributed by atoms with Gasteiger partial charge in [0.1, 0.15) is 11.6 Å². The maximum Gasteiger partial charge on any atom is 0.202 e. The van der Waals surface area contributed by atoms with Crippen molar-refractivity contribution in [3.8, 4) is 0 Å². The van der Waals surface area contributed by atoms with Gasteiger partial charge in [-0.05, 0) is 31.5 Å². The highest BCUT2D eigenvalue weighted by atomic mass is 15.4. The van der Waals surface area contributed by atoms with Gasteiger partial charge in [0.25, 0.3) is 0 Å². The highest BCUT2D eigenvalue weighted by molar-refractivity contribution is 5.84. The number of anilines is 1. The fourth-order valence-corrected chi connectivity index (χ4v) is 3.98. The summed E-state index contributed by atoms with van der Waals surface area (Å²) in [5.41, 5.74) is 9.36. The number of hydrogen-bond acceptors (Lipinski definition) is 7. The molecule has 3 heterocycles. The van der Waals surface area contributed by atoms with Crippen LogP contribution in [0.1, 0.15) is 16.7 Å². The van der Waals surface area contributed by atoms with E-state index in [-0.39, 0.29) is 0 Å². The Morgan fingerprint density at radius 2 is 1.77 bits per heavy atom. The normalized spacial score (nSPS) is 21.6. The number of aromatic nitrogens is 1. The average molecular weight is 406 g/mol. The third-order valence-electron chi connectivity index (χ3n) is 5.75. The van der Waals surface area contributed by atoms with E-state index < -0.39 is 5.66 Å². The van der Waals surface area contributed by atoms with Crippen molar-refractivity contribution >= 4 is 11.8 Å². The van der Waals surface area contributed by atoms with Gasteiger partial charge in [-0.2, -0.15) is 0 Å². The molecule has 3 N–H and O–H groups in total. The standard InChI is InChI=1S/C23H31N7/c1-17-8-9-18(2)19(15-17)23(24)16-21(28(3)4)26-22(27-23)30-13-11-29(12-14-30)20-7-5-6-10-25-20/h5-10,15-16H,11-14,24H2,1-4H3,(H,26,27). The summed E-state index contributed by atoms with van der Waals surface area (Å²) in [6, 6.07) is 12.4. The molecule has 2 aliphatic heterocycles. The molecular weight excluding hydrogens is 374 g/mol. The fraction of sp³-hybridized carbons (Fsp3) is 0.391. The number of aliphatic imine (C=N–C) groups is 1. The van der Waals surface area contributed by atoms with Crippen LogP contribution < -0.4 is 16.0 Å². The number of hydrogen-bond donors (Lipinski definition) is 2. The number of aryl methyl sites for hydroxylation is 2. The minimum absolute atomic E-state index is 0.824. The van der Waals surface area contributed by atoms with Crippen molar-refractivity contribution in [1.82, 2.24) is 20.1 Å². The molecule has 1 aromatic heterocycles. The highest BCUT2D eigenvalue weighted by Crippen LogP contribution is 2.30. The summed E-state index contributed by atoms with van der Waals surface area (Å²) in [4.78, 5) is 16.1. The van der Waals surface area contributed by atoms with Gasteiger partial charge in [0, 0.05) is 58.1 Å². The molecule has 158 valence electrons. The number of guanidine groups is 1. The van der Waals surface area contributed by atoms with Crippen molar-refractivity contribution in [1.29, 1.82) is 0 Å². The second-order valence-corrected chi connectivity index (χ2v) is 8.29. The molecule has 1 fully saturated rings. The van der Waals surface area contributed by atoms with Gasteiger partial charge < -0.3 is 20.0 Å². The maximum atomic E-state index is 6.92. The molecule has 0 bridgehead atoms. The van der Waals surface area contributed by atoms with Gasteiger partial charge in [-0.25, -0.2) is 9.98 Å². The lowest BCUT2D eigenvalue weighted by molar-refractivity contribution is 0.352. The van der Waals surface area contributed by atoms with Crippen LogP contribution in [0.4, 0.5) is 5.82 Å². The lowest BCUT2D eigenvalue weighted by Gasteiger charge is -2.41. The summed E-state index contributed by atoms with van der Waals surface area (Å²) < 4.78 is 0. The van der Waals surface area contributed by atoms with E-state index >= 15 is 0 Å². The zero-order valence-electron chi connectivity index (χ0n) is 18.3. The van der Waals surface area contributed by atoms with Gasteiger partial charge >= 0.3 is 0 Å². The van der Waals surface area contributed by atoms with E-state index in [4.69, 9.17) is 10.7 Å². The number of benzene rings is 1. The number of nitrogens with two attached hydrogens (primary N) is 1. The first kappa shape index (κ1) is 20.2. The first-order chi connectivity index (χ1) is 14.4. The van der Waals surface area contributed by atoms with Gasteiger partial charge in [0.05, 0.1) is 0 Å². The number of nitrogens with one attached hydrogen (secondary N) is 1. The largest absolute Gasteiger partial charge is 0.364 e. The molecule has 0 aliphatic carbocycles. The molecule has 4 rings (SSSR count). The monoisotopic (exact) mass is 405 g/mol. The van der Waals surface area contributed by atoms with Gasteiger partial charge in [0.2, 0.25) is 5.96 Å². The Balaban J connectivity index is 1.61. The summed E-state index contributed by atoms with van der Waals surface area (Å²) in [6.07, 6.45) is 3.86. The topological polar surface area (TPSA) is 73.0 Å². The van der Waals surface area contributed by atoms with E-state index in [0.29, 0.717) is 0 Å². The Bertz CT molecular complexity index is 959. The molecule has 0 amide bonds. The maximum absolute atomic E-state index is 6.92. The smallest absolute Gasteiger partial charge is 0.202 e. The number of piperazine rings is 1. The van der Waals surface area contributed by atoms with E-state index in [0.717, 1.165) is 54.9 Å². The quantitative estimate of drug-likeness (QED) is 0.814. The van der Waals surface area contributed by atoms with Crippen LogP contribution in [-0.2, 0) is 5.66 Å². The second-order valence-electron chi connectivity index (χ2n) is 8.29. The molecule has 2 aromatic rings. The van der Waals surface area contributed by atoms with Gasteiger partial charge in [-0.1, -0.05) is 29.8 Å². The summed E-state index contributed by atoms with van der Waals surface area (Å²) >= 11 is 0. The third-order valence-corrected chi connectivity index (χ3v) is 5.75. The van der Waals surface area contributed by atoms with E-state index in [9.17, 15) is 0 Å². The van der Waals surface area contributed by atoms with E-state index in [1.807, 2.05) is 43.4 Å². The Morgan fingerprint density at radius 3 is 2.43 bits per heavy atom. The van der Waals surface area contributed by atoms with Crippen molar-refractivity contribution < 1.29 is 0 Å². The fourth-order valence-electron chi connectivity index (χ4n) is 3.98. The van der Waals surface area contributed by atoms with Crippen LogP contribution in [-0.4, -0.2) is 61.0 Å². The minimum atomic E-state index is -0.908. The first-order valence-electron chi connectivity index (χ1n) is 10.4. The Morgan fingerprint density at radius 1 is 1.03 bits per heavy atom. The van der Waals surface area contributed by atoms with Crippen LogP contribution in [0.15, 0.2) is 59.5 Å². The molecule has 1 unspecified atom stereocenters. The van der Waals surface area contributed by atoms with Crippen LogP contribution in [0.25, 0.3) is 0 Å². The summed E-state index contributed by atoms with van der Waals surface area (Å²) in [5.74, 6) is 2.80. The number of pyridine rings is 1. The van der Waals surface area contributed by atoms with Gasteiger partial charge in [-0.3, -0.25) is 5.73 Å². The van der Waals surface area contributed by atoms with Crippen LogP contribution >= 0.6 is 0 Å². The number of rotatable bonds is 3. The minimum Gasteiger partial charge on any atom is -0.364 e. The Kier molecular flexibility index (Phi) is 5.39. The SMILES string of the molecule is Cc1ccc(C)c(C2(N)C=C(N(C)C)NC(N3CCN(c4ccccn4)CC3)=N2)c1. The van der Waals surface area contributed by atoms with Crippen molar-refractivity contribution in [3.05, 3.63) is 71.2 Å². The predicted octanol–water partition coefficient (Wildman–Crippen LogP) is 1.99. The molecule has 1 atom stereocenters. The van der Waals surface area contributed by atoms with Crippen molar-refractivity contribution in [3.63, 3.8) is 0 Å². The summed E-state index contributed by atoms with van der Waals surface area (Å²) in [6.45, 7) is 7.67. The molecular formula is C23H31N7. The molecule has 1 saturated heterocycles. The molecule has 7 nitrogen and oxygen atoms in total. The molecule has 0 radical (unpaired) electrons. The van der Waals surface area contributed by atoms with E-state index in [2.05, 4.69) is 58.2 Å². The molecule has 1 aromatic carbocycles. The van der Waals surface area contributed by atoms with Crippen LogP contribution in [0.3, 0.4) is 0 Å². The Hall–Kier alpha value is -3.06. The predicted molar refractivity (Wildman–Crippen MR) is 122 cm³/mol. The van der Waals surface area contributed by atoms with Crippen LogP contribution in [0.2, 0.25) is 0 Å². The highest BCUT2D eigenvalue weighted by Gasteiger charge is 2.34. The summed E-state index contributed by atoms with van der Waals surface area (Å²) in [7, 11) is 4.04. The first-order valence-corrected chi connectivity index (χ1v) is 10.4. The van der Waals surface area contributed by atoms with E-state index in [1.165, 1.54) is 5.56 Å². The van der Waals surface area contributed by atoms with Crippen LogP contribution in [0, 0.1) is 13.8 Å². The van der Waals surface area contributed by atoms with Crippen molar-refractivity contribution in [2.45, 2.75) is 19.5 Å². The molecule has 0 spiro atoms. The molecule has 30 heavy (non-hydrogen) atoms. The molecule has 0 saturated carbocycles. The zero-order chi connectivity index (χ0) is 21.3. The van der Waals surface area contributed by atoms with Crippen molar-refractivity contribution in [2.75, 3.05) is 45.2 Å². The van der Waals surface area contributed by atoms with Crippen molar-refractivity contribution in [2.24, 2.45) is 10.7 Å². The van der Waals surface area contributed by atoms with Crippen LogP contribution in [0.5, 0.6) is 0 Å². The third kappa shape index (κ3) is 3.98. The zero-order valence-corrected chi connectivity index (χ0v) is 18.3. The second kappa shape index (κ2) is 7.99. The van der Waals surface area contributed by atoms with E-state index in [1.54, 1.807) is 0 Å². The summed E-state index contributed by atoms with van der Waals surface area (Å²) in [5, 5.41) is 3.49. The molecule has 7 heteroatoms. The molecule has 2 aliphatic rings.